The second-order valence-electron chi connectivity index (χ2n) is 5.06. The number of hydrogen-bond acceptors (Lipinski definition) is 3. The molecular weight excluding hydrogens is 358 g/mol. The average molecular weight is 378 g/mol. The van der Waals surface area contributed by atoms with Gasteiger partial charge < -0.3 is 0 Å². The summed E-state index contributed by atoms with van der Waals surface area (Å²) in [7, 11) is -3.22. The van der Waals surface area contributed by atoms with Crippen LogP contribution in [0.3, 0.4) is 0 Å². The number of halogens is 1. The minimum Gasteiger partial charge on any atom is -0.214 e. The quantitative estimate of drug-likeness (QED) is 0.739. The predicted molar refractivity (Wildman–Crippen MR) is 89.5 cm³/mol. The summed E-state index contributed by atoms with van der Waals surface area (Å²) in [6.07, 6.45) is 5.23. The Kier molecular flexibility index (Phi) is 6.39. The van der Waals surface area contributed by atoms with Crippen molar-refractivity contribution in [3.8, 4) is 0 Å². The molecule has 0 aliphatic heterocycles. The molecule has 0 spiro atoms. The van der Waals surface area contributed by atoms with E-state index in [9.17, 15) is 8.42 Å². The van der Waals surface area contributed by atoms with Gasteiger partial charge >= 0.3 is 0 Å². The third kappa shape index (κ3) is 5.76. The summed E-state index contributed by atoms with van der Waals surface area (Å²) in [5.74, 6) is 0.915. The lowest BCUT2D eigenvalue weighted by Gasteiger charge is -2.10. The molecule has 0 atom stereocenters. The summed E-state index contributed by atoms with van der Waals surface area (Å²) in [6, 6.07) is 7.38. The lowest BCUT2D eigenvalue weighted by Crippen LogP contribution is -2.27. The third-order valence-corrected chi connectivity index (χ3v) is 6.62. The molecule has 6 heteroatoms. The second kappa shape index (κ2) is 7.82. The summed E-state index contributed by atoms with van der Waals surface area (Å²) >= 11 is 5.24. The fourth-order valence-corrected chi connectivity index (χ4v) is 5.09. The van der Waals surface area contributed by atoms with E-state index in [0.29, 0.717) is 6.54 Å². The van der Waals surface area contributed by atoms with Gasteiger partial charge in [0.1, 0.15) is 0 Å². The first-order valence-corrected chi connectivity index (χ1v) is 10.4. The molecule has 1 aliphatic carbocycles. The largest absolute Gasteiger partial charge is 0.215 e. The highest BCUT2D eigenvalue weighted by Gasteiger charge is 2.16. The number of rotatable bonds is 7. The van der Waals surface area contributed by atoms with Crippen molar-refractivity contribution in [3.63, 3.8) is 0 Å². The number of nitrogens with one attached hydrogen (secondary N) is 1. The van der Waals surface area contributed by atoms with Gasteiger partial charge in [0.25, 0.3) is 0 Å². The smallest absolute Gasteiger partial charge is 0.214 e. The molecular formula is C14H20BrNO2S2. The lowest BCUT2D eigenvalue weighted by molar-refractivity contribution is 0.583. The highest BCUT2D eigenvalue weighted by Crippen LogP contribution is 2.28. The van der Waals surface area contributed by atoms with Crippen molar-refractivity contribution in [1.82, 2.24) is 4.72 Å². The molecule has 112 valence electrons. The van der Waals surface area contributed by atoms with E-state index in [1.54, 1.807) is 0 Å². The number of benzene rings is 1. The van der Waals surface area contributed by atoms with Crippen LogP contribution < -0.4 is 4.72 Å². The molecule has 1 N–H and O–H groups in total. The van der Waals surface area contributed by atoms with Gasteiger partial charge in [-0.05, 0) is 30.5 Å². The number of thioether (sulfide) groups is 1. The standard InChI is InChI=1S/C14H20BrNO2S2/c15-13-7-5-12(6-8-13)11-20(17,18)16-9-10-19-14-3-1-2-4-14/h5-8,14,16H,1-4,9-11H2. The zero-order chi connectivity index (χ0) is 14.4. The minimum atomic E-state index is -3.22. The van der Waals surface area contributed by atoms with Gasteiger partial charge in [0.05, 0.1) is 5.75 Å². The predicted octanol–water partition coefficient (Wildman–Crippen LogP) is 3.54. The van der Waals surface area contributed by atoms with E-state index in [-0.39, 0.29) is 5.75 Å². The van der Waals surface area contributed by atoms with E-state index in [4.69, 9.17) is 0 Å². The van der Waals surface area contributed by atoms with Gasteiger partial charge in [0.2, 0.25) is 10.0 Å². The Hall–Kier alpha value is -0.0400. The first-order valence-electron chi connectivity index (χ1n) is 6.88. The number of hydrogen-bond donors (Lipinski definition) is 1. The van der Waals surface area contributed by atoms with Gasteiger partial charge in [0.15, 0.2) is 0 Å². The monoisotopic (exact) mass is 377 g/mol. The van der Waals surface area contributed by atoms with Gasteiger partial charge in [-0.15, -0.1) is 0 Å². The molecule has 0 heterocycles. The van der Waals surface area contributed by atoms with E-state index in [1.807, 2.05) is 36.0 Å². The molecule has 1 fully saturated rings. The fraction of sp³-hybridized carbons (Fsp3) is 0.571. The molecule has 0 aromatic heterocycles. The van der Waals surface area contributed by atoms with Crippen molar-refractivity contribution in [3.05, 3.63) is 34.3 Å². The second-order valence-corrected chi connectivity index (χ2v) is 9.19. The van der Waals surface area contributed by atoms with Crippen molar-refractivity contribution in [1.29, 1.82) is 0 Å². The van der Waals surface area contributed by atoms with Crippen LogP contribution in [0.15, 0.2) is 28.7 Å². The Morgan fingerprint density at radius 3 is 2.50 bits per heavy atom. The first-order chi connectivity index (χ1) is 9.55. The van der Waals surface area contributed by atoms with Crippen LogP contribution in [0.4, 0.5) is 0 Å². The van der Waals surface area contributed by atoms with Gasteiger partial charge in [-0.2, -0.15) is 11.8 Å². The zero-order valence-electron chi connectivity index (χ0n) is 11.3. The van der Waals surface area contributed by atoms with Crippen molar-refractivity contribution in [2.75, 3.05) is 12.3 Å². The van der Waals surface area contributed by atoms with Crippen LogP contribution >= 0.6 is 27.7 Å². The van der Waals surface area contributed by atoms with Crippen LogP contribution in [-0.2, 0) is 15.8 Å². The molecule has 0 radical (unpaired) electrons. The zero-order valence-corrected chi connectivity index (χ0v) is 14.6. The van der Waals surface area contributed by atoms with Crippen LogP contribution in [0, 0.1) is 0 Å². The normalized spacial score (nSPS) is 16.6. The Bertz CT molecular complexity index is 510. The van der Waals surface area contributed by atoms with E-state index >= 15 is 0 Å². The number of sulfonamides is 1. The molecule has 1 aromatic rings. The molecule has 0 saturated heterocycles. The van der Waals surface area contributed by atoms with Crippen molar-refractivity contribution in [2.45, 2.75) is 36.7 Å². The summed E-state index contributed by atoms with van der Waals surface area (Å²) < 4.78 is 27.5. The Labute approximate surface area is 134 Å². The van der Waals surface area contributed by atoms with Crippen LogP contribution in [0.1, 0.15) is 31.2 Å². The van der Waals surface area contributed by atoms with Crippen LogP contribution in [0.5, 0.6) is 0 Å². The first kappa shape index (κ1) is 16.3. The molecule has 3 nitrogen and oxygen atoms in total. The fourth-order valence-electron chi connectivity index (χ4n) is 2.33. The lowest BCUT2D eigenvalue weighted by atomic mass is 10.2. The van der Waals surface area contributed by atoms with Gasteiger partial charge in [0, 0.05) is 22.0 Å². The average Bonchev–Trinajstić information content (AvgIpc) is 2.90. The molecule has 0 unspecified atom stereocenters. The summed E-state index contributed by atoms with van der Waals surface area (Å²) in [5.41, 5.74) is 0.809. The minimum absolute atomic E-state index is 0.0500. The van der Waals surface area contributed by atoms with E-state index < -0.39 is 10.0 Å². The summed E-state index contributed by atoms with van der Waals surface area (Å²) in [5, 5.41) is 0.742. The molecule has 2 rings (SSSR count). The maximum Gasteiger partial charge on any atom is 0.215 e. The molecule has 1 aromatic carbocycles. The Balaban J connectivity index is 1.71. The van der Waals surface area contributed by atoms with Crippen LogP contribution in [-0.4, -0.2) is 26.0 Å². The molecule has 1 saturated carbocycles. The van der Waals surface area contributed by atoms with E-state index in [0.717, 1.165) is 21.0 Å². The van der Waals surface area contributed by atoms with Crippen LogP contribution in [0.2, 0.25) is 0 Å². The maximum atomic E-state index is 11.9. The molecule has 20 heavy (non-hydrogen) atoms. The van der Waals surface area contributed by atoms with E-state index in [1.165, 1.54) is 25.7 Å². The molecule has 0 amide bonds. The highest BCUT2D eigenvalue weighted by atomic mass is 79.9. The Morgan fingerprint density at radius 2 is 1.85 bits per heavy atom. The maximum absolute atomic E-state index is 11.9. The SMILES string of the molecule is O=S(=O)(Cc1ccc(Br)cc1)NCCSC1CCCC1. The van der Waals surface area contributed by atoms with Gasteiger partial charge in [-0.1, -0.05) is 40.9 Å². The summed E-state index contributed by atoms with van der Waals surface area (Å²) in [6.45, 7) is 0.528. The third-order valence-electron chi connectivity index (χ3n) is 3.35. The van der Waals surface area contributed by atoms with Gasteiger partial charge in [-0.25, -0.2) is 13.1 Å². The highest BCUT2D eigenvalue weighted by molar-refractivity contribution is 9.10. The van der Waals surface area contributed by atoms with Crippen molar-refractivity contribution in [2.24, 2.45) is 0 Å². The molecule has 0 bridgehead atoms. The summed E-state index contributed by atoms with van der Waals surface area (Å²) in [4.78, 5) is 0. The van der Waals surface area contributed by atoms with E-state index in [2.05, 4.69) is 20.7 Å². The Morgan fingerprint density at radius 1 is 1.20 bits per heavy atom. The topological polar surface area (TPSA) is 46.2 Å². The molecule has 1 aliphatic rings. The van der Waals surface area contributed by atoms with Crippen LogP contribution in [0.25, 0.3) is 0 Å². The van der Waals surface area contributed by atoms with Gasteiger partial charge in [-0.3, -0.25) is 0 Å². The van der Waals surface area contributed by atoms with Crippen molar-refractivity contribution < 1.29 is 8.42 Å². The van der Waals surface area contributed by atoms with Crippen molar-refractivity contribution >= 4 is 37.7 Å².